The molecule has 0 amide bonds. The molecule has 0 radical (unpaired) electrons. The molecule has 58 valence electrons. The van der Waals surface area contributed by atoms with E-state index in [-0.39, 0.29) is 18.4 Å². The van der Waals surface area contributed by atoms with Crippen molar-refractivity contribution in [3.05, 3.63) is 12.2 Å². The number of ether oxygens (including phenoxy) is 1. The molecule has 10 heavy (non-hydrogen) atoms. The molecule has 0 aliphatic rings. The molecule has 1 atom stereocenters. The van der Waals surface area contributed by atoms with Crippen LogP contribution in [-0.4, -0.2) is 19.1 Å². The number of hydrogen-bond acceptors (Lipinski definition) is 3. The van der Waals surface area contributed by atoms with E-state index in [1.165, 1.54) is 7.11 Å². The van der Waals surface area contributed by atoms with E-state index >= 15 is 0 Å². The Labute approximate surface area is 60.9 Å². The van der Waals surface area contributed by atoms with Gasteiger partial charge < -0.3 is 10.5 Å². The lowest BCUT2D eigenvalue weighted by atomic mass is 10.2. The third kappa shape index (κ3) is 4.09. The van der Waals surface area contributed by atoms with Gasteiger partial charge in [-0.3, -0.25) is 4.79 Å². The lowest BCUT2D eigenvalue weighted by molar-refractivity contribution is -0.140. The number of hydrogen-bond donors (Lipinski definition) is 1. The van der Waals surface area contributed by atoms with Crippen LogP contribution in [0.15, 0.2) is 12.2 Å². The van der Waals surface area contributed by atoms with Gasteiger partial charge in [0.25, 0.3) is 0 Å². The maximum Gasteiger partial charge on any atom is 0.307 e. The Hall–Kier alpha value is -0.830. The molecule has 0 spiro atoms. The van der Waals surface area contributed by atoms with Crippen LogP contribution < -0.4 is 5.73 Å². The monoisotopic (exact) mass is 143 g/mol. The Morgan fingerprint density at radius 1 is 1.80 bits per heavy atom. The van der Waals surface area contributed by atoms with Gasteiger partial charge in [0.15, 0.2) is 0 Å². The van der Waals surface area contributed by atoms with Crippen LogP contribution in [-0.2, 0) is 9.53 Å². The van der Waals surface area contributed by atoms with Gasteiger partial charge in [-0.1, -0.05) is 12.2 Å². The van der Waals surface area contributed by atoms with Crippen LogP contribution in [0.2, 0.25) is 0 Å². The Morgan fingerprint density at radius 2 is 2.40 bits per heavy atom. The number of nitrogens with two attached hydrogens (primary N) is 1. The van der Waals surface area contributed by atoms with Gasteiger partial charge in [0.05, 0.1) is 13.5 Å². The summed E-state index contributed by atoms with van der Waals surface area (Å²) in [6.45, 7) is 1.86. The summed E-state index contributed by atoms with van der Waals surface area (Å²) < 4.78 is 4.41. The quantitative estimate of drug-likeness (QED) is 0.461. The summed E-state index contributed by atoms with van der Waals surface area (Å²) in [4.78, 5) is 10.6. The van der Waals surface area contributed by atoms with Crippen molar-refractivity contribution in [2.75, 3.05) is 7.11 Å². The summed E-state index contributed by atoms with van der Waals surface area (Å²) in [5.74, 6) is -0.273. The summed E-state index contributed by atoms with van der Waals surface area (Å²) in [6.07, 6.45) is 3.82. The SMILES string of the molecule is C/C=C/[C@H](N)CC(=O)OC. The van der Waals surface area contributed by atoms with E-state index < -0.39 is 0 Å². The van der Waals surface area contributed by atoms with Gasteiger partial charge >= 0.3 is 5.97 Å². The van der Waals surface area contributed by atoms with E-state index in [9.17, 15) is 4.79 Å². The van der Waals surface area contributed by atoms with Crippen LogP contribution >= 0.6 is 0 Å². The molecule has 0 saturated carbocycles. The molecular formula is C7H13NO2. The molecule has 0 aromatic heterocycles. The maximum atomic E-state index is 10.6. The molecule has 0 heterocycles. The lowest BCUT2D eigenvalue weighted by Crippen LogP contribution is -2.21. The first-order chi connectivity index (χ1) is 4.70. The molecule has 0 saturated heterocycles. The smallest absolute Gasteiger partial charge is 0.307 e. The van der Waals surface area contributed by atoms with Crippen molar-refractivity contribution in [2.45, 2.75) is 19.4 Å². The van der Waals surface area contributed by atoms with Gasteiger partial charge in [-0.2, -0.15) is 0 Å². The van der Waals surface area contributed by atoms with Crippen molar-refractivity contribution in [2.24, 2.45) is 5.73 Å². The largest absolute Gasteiger partial charge is 0.469 e. The van der Waals surface area contributed by atoms with Crippen LogP contribution in [0.25, 0.3) is 0 Å². The third-order valence-corrected chi connectivity index (χ3v) is 1.07. The second kappa shape index (κ2) is 4.99. The van der Waals surface area contributed by atoms with E-state index in [4.69, 9.17) is 5.73 Å². The standard InChI is InChI=1S/C7H13NO2/c1-3-4-6(8)5-7(9)10-2/h3-4,6H,5,8H2,1-2H3/b4-3+/t6-/m0/s1. The fourth-order valence-corrected chi connectivity index (χ4v) is 0.591. The highest BCUT2D eigenvalue weighted by Crippen LogP contribution is 1.91. The minimum absolute atomic E-state index is 0.211. The second-order valence-corrected chi connectivity index (χ2v) is 1.97. The summed E-state index contributed by atoms with van der Waals surface area (Å²) in [6, 6.07) is -0.211. The number of esters is 1. The first kappa shape index (κ1) is 9.17. The maximum absolute atomic E-state index is 10.6. The van der Waals surface area contributed by atoms with Gasteiger partial charge in [0.1, 0.15) is 0 Å². The molecule has 0 aromatic rings. The van der Waals surface area contributed by atoms with Gasteiger partial charge in [-0.05, 0) is 6.92 Å². The molecule has 0 aliphatic heterocycles. The van der Waals surface area contributed by atoms with Crippen molar-refractivity contribution in [1.82, 2.24) is 0 Å². The van der Waals surface area contributed by atoms with Crippen LogP contribution in [0.1, 0.15) is 13.3 Å². The minimum atomic E-state index is -0.273. The molecule has 3 heteroatoms. The molecule has 2 N–H and O–H groups in total. The van der Waals surface area contributed by atoms with E-state index in [0.717, 1.165) is 0 Å². The van der Waals surface area contributed by atoms with Crippen LogP contribution in [0, 0.1) is 0 Å². The Morgan fingerprint density at radius 3 is 2.80 bits per heavy atom. The zero-order valence-corrected chi connectivity index (χ0v) is 6.33. The number of methoxy groups -OCH3 is 1. The van der Waals surface area contributed by atoms with Crippen LogP contribution in [0.5, 0.6) is 0 Å². The highest BCUT2D eigenvalue weighted by atomic mass is 16.5. The van der Waals surface area contributed by atoms with Crippen molar-refractivity contribution in [1.29, 1.82) is 0 Å². The van der Waals surface area contributed by atoms with Gasteiger partial charge in [-0.15, -0.1) is 0 Å². The van der Waals surface area contributed by atoms with E-state index in [2.05, 4.69) is 4.74 Å². The van der Waals surface area contributed by atoms with Crippen molar-refractivity contribution < 1.29 is 9.53 Å². The highest BCUT2D eigenvalue weighted by Gasteiger charge is 2.04. The molecule has 3 nitrogen and oxygen atoms in total. The molecular weight excluding hydrogens is 130 g/mol. The summed E-state index contributed by atoms with van der Waals surface area (Å²) in [7, 11) is 1.35. The molecule has 0 rings (SSSR count). The van der Waals surface area contributed by atoms with Gasteiger partial charge in [0.2, 0.25) is 0 Å². The third-order valence-electron chi connectivity index (χ3n) is 1.07. The zero-order chi connectivity index (χ0) is 7.98. The van der Waals surface area contributed by atoms with Gasteiger partial charge in [0, 0.05) is 6.04 Å². The first-order valence-electron chi connectivity index (χ1n) is 3.16. The topological polar surface area (TPSA) is 52.3 Å². The van der Waals surface area contributed by atoms with Crippen molar-refractivity contribution in [3.8, 4) is 0 Å². The van der Waals surface area contributed by atoms with Gasteiger partial charge in [-0.25, -0.2) is 0 Å². The van der Waals surface area contributed by atoms with E-state index in [0.29, 0.717) is 0 Å². The van der Waals surface area contributed by atoms with Crippen LogP contribution in [0.4, 0.5) is 0 Å². The Kier molecular flexibility index (Phi) is 4.58. The number of carbonyl (C=O) groups is 1. The first-order valence-corrected chi connectivity index (χ1v) is 3.16. The average molecular weight is 143 g/mol. The summed E-state index contributed by atoms with van der Waals surface area (Å²) in [5, 5.41) is 0. The average Bonchev–Trinajstić information content (AvgIpc) is 1.88. The number of allylic oxidation sites excluding steroid dienone is 1. The van der Waals surface area contributed by atoms with Crippen molar-refractivity contribution in [3.63, 3.8) is 0 Å². The number of carbonyl (C=O) groups excluding carboxylic acids is 1. The van der Waals surface area contributed by atoms with E-state index in [1.807, 2.05) is 13.0 Å². The number of rotatable bonds is 3. The highest BCUT2D eigenvalue weighted by molar-refractivity contribution is 5.70. The molecule has 0 bridgehead atoms. The van der Waals surface area contributed by atoms with E-state index in [1.54, 1.807) is 6.08 Å². The summed E-state index contributed by atoms with van der Waals surface area (Å²) >= 11 is 0. The molecule has 0 aromatic carbocycles. The minimum Gasteiger partial charge on any atom is -0.469 e. The predicted molar refractivity (Wildman–Crippen MR) is 39.4 cm³/mol. The molecule has 0 aliphatic carbocycles. The van der Waals surface area contributed by atoms with Crippen LogP contribution in [0.3, 0.4) is 0 Å². The summed E-state index contributed by atoms with van der Waals surface area (Å²) in [5.41, 5.74) is 5.47. The molecule has 0 unspecified atom stereocenters. The predicted octanol–water partition coefficient (Wildman–Crippen LogP) is 0.453. The molecule has 0 fully saturated rings. The fourth-order valence-electron chi connectivity index (χ4n) is 0.591. The Bertz CT molecular complexity index is 132. The fraction of sp³-hybridized carbons (Fsp3) is 0.571. The van der Waals surface area contributed by atoms with Crippen molar-refractivity contribution >= 4 is 5.97 Å². The lowest BCUT2D eigenvalue weighted by Gasteiger charge is -2.02. The second-order valence-electron chi connectivity index (χ2n) is 1.97. The zero-order valence-electron chi connectivity index (χ0n) is 6.33. The Balaban J connectivity index is 3.57. The normalized spacial score (nSPS) is 13.5.